The minimum absolute atomic E-state index is 0.0542. The molecule has 1 atom stereocenters. The number of alkyl halides is 3. The number of amides is 2. The highest BCUT2D eigenvalue weighted by Crippen LogP contribution is 2.26. The number of nitrogens with two attached hydrogens (primary N) is 1. The predicted octanol–water partition coefficient (Wildman–Crippen LogP) is 2.91. The molecule has 0 aliphatic carbocycles. The number of rotatable bonds is 5. The van der Waals surface area contributed by atoms with Gasteiger partial charge in [0.1, 0.15) is 5.52 Å². The summed E-state index contributed by atoms with van der Waals surface area (Å²) in [6.07, 6.45) is 0.976. The van der Waals surface area contributed by atoms with E-state index in [-0.39, 0.29) is 11.9 Å². The molecule has 2 saturated heterocycles. The lowest BCUT2D eigenvalue weighted by Gasteiger charge is -2.35. The molecule has 1 aromatic heterocycles. The van der Waals surface area contributed by atoms with Crippen LogP contribution in [-0.2, 0) is 9.59 Å². The van der Waals surface area contributed by atoms with Crippen LogP contribution < -0.4 is 16.4 Å². The topological polar surface area (TPSA) is 143 Å². The van der Waals surface area contributed by atoms with Gasteiger partial charge < -0.3 is 21.5 Å². The van der Waals surface area contributed by atoms with E-state index in [1.54, 1.807) is 16.8 Å². The Morgan fingerprint density at radius 3 is 2.33 bits per heavy atom. The third-order valence-electron chi connectivity index (χ3n) is 6.82. The SMILES string of the molecule is NC(=O)c1cccc2cn(-c3ccc(NC(=O)[C@@H]4CCCN4C4CCNCC4)cc3)nc12.O=C(O)C(F)(F)F. The van der Waals surface area contributed by atoms with Crippen LogP contribution in [0.5, 0.6) is 0 Å². The number of piperidine rings is 1. The van der Waals surface area contributed by atoms with Crippen LogP contribution in [0.2, 0.25) is 0 Å². The van der Waals surface area contributed by atoms with E-state index in [0.717, 1.165) is 62.1 Å². The monoisotopic (exact) mass is 546 g/mol. The van der Waals surface area contributed by atoms with Gasteiger partial charge in [0.25, 0.3) is 5.91 Å². The standard InChI is InChI=1S/C24H28N6O2.C2HF3O2/c25-23(31)20-4-1-3-16-15-30(28-22(16)20)19-8-6-17(7-9-19)27-24(32)21-5-2-14-29(21)18-10-12-26-13-11-18;3-2(4,5)1(6)7/h1,3-4,6-9,15,18,21,26H,2,5,10-14H2,(H2,25,31)(H,27,32);(H,6,7)/t21-;/m0./s1. The summed E-state index contributed by atoms with van der Waals surface area (Å²) in [5.41, 5.74) is 8.06. The lowest BCUT2D eigenvalue weighted by molar-refractivity contribution is -0.192. The fourth-order valence-corrected chi connectivity index (χ4v) is 4.95. The van der Waals surface area contributed by atoms with Crippen molar-refractivity contribution in [2.24, 2.45) is 5.73 Å². The van der Waals surface area contributed by atoms with Crippen molar-refractivity contribution < 1.29 is 32.7 Å². The summed E-state index contributed by atoms with van der Waals surface area (Å²) in [7, 11) is 0. The number of benzene rings is 2. The van der Waals surface area contributed by atoms with Gasteiger partial charge >= 0.3 is 12.1 Å². The number of carboxylic acids is 1. The number of aromatic nitrogens is 2. The molecule has 2 fully saturated rings. The fraction of sp³-hybridized carbons (Fsp3) is 0.385. The van der Waals surface area contributed by atoms with E-state index in [9.17, 15) is 22.8 Å². The highest BCUT2D eigenvalue weighted by atomic mass is 19.4. The van der Waals surface area contributed by atoms with Crippen LogP contribution in [0, 0.1) is 0 Å². The molecule has 2 aliphatic rings. The third-order valence-corrected chi connectivity index (χ3v) is 6.82. The number of carbonyl (C=O) groups is 3. The van der Waals surface area contributed by atoms with Crippen molar-refractivity contribution in [1.82, 2.24) is 20.0 Å². The average molecular weight is 547 g/mol. The molecule has 10 nitrogen and oxygen atoms in total. The normalized spacial score (nSPS) is 18.4. The van der Waals surface area contributed by atoms with E-state index >= 15 is 0 Å². The van der Waals surface area contributed by atoms with Crippen LogP contribution in [0.1, 0.15) is 36.0 Å². The molecule has 5 N–H and O–H groups in total. The summed E-state index contributed by atoms with van der Waals surface area (Å²) in [6, 6.07) is 13.4. The van der Waals surface area contributed by atoms with Gasteiger partial charge in [-0.2, -0.15) is 18.3 Å². The minimum Gasteiger partial charge on any atom is -0.475 e. The van der Waals surface area contributed by atoms with Crippen LogP contribution in [0.15, 0.2) is 48.7 Å². The van der Waals surface area contributed by atoms with Crippen LogP contribution >= 0.6 is 0 Å². The van der Waals surface area contributed by atoms with Gasteiger partial charge in [0.15, 0.2) is 0 Å². The Balaban J connectivity index is 0.000000448. The molecule has 2 aromatic carbocycles. The van der Waals surface area contributed by atoms with Crippen molar-refractivity contribution in [2.45, 2.75) is 43.9 Å². The molecule has 3 aromatic rings. The quantitative estimate of drug-likeness (QED) is 0.385. The lowest BCUT2D eigenvalue weighted by Crippen LogP contribution is -2.49. The molecular formula is C26H29F3N6O4. The van der Waals surface area contributed by atoms with Crippen molar-refractivity contribution in [3.8, 4) is 5.69 Å². The molecule has 0 saturated carbocycles. The molecular weight excluding hydrogens is 517 g/mol. The predicted molar refractivity (Wildman–Crippen MR) is 138 cm³/mol. The van der Waals surface area contributed by atoms with E-state index in [4.69, 9.17) is 15.6 Å². The number of nitrogens with zero attached hydrogens (tertiary/aromatic N) is 3. The maximum absolute atomic E-state index is 13.0. The number of hydrogen-bond donors (Lipinski definition) is 4. The van der Waals surface area contributed by atoms with Gasteiger partial charge in [-0.25, -0.2) is 9.48 Å². The second-order valence-corrected chi connectivity index (χ2v) is 9.40. The van der Waals surface area contributed by atoms with Gasteiger partial charge in [0.05, 0.1) is 17.3 Å². The summed E-state index contributed by atoms with van der Waals surface area (Å²) in [6.45, 7) is 3.06. The van der Waals surface area contributed by atoms with E-state index in [2.05, 4.69) is 20.6 Å². The molecule has 2 amide bonds. The summed E-state index contributed by atoms with van der Waals surface area (Å²) < 4.78 is 33.5. The fourth-order valence-electron chi connectivity index (χ4n) is 4.95. The van der Waals surface area contributed by atoms with Crippen LogP contribution in [0.25, 0.3) is 16.6 Å². The Morgan fingerprint density at radius 2 is 1.72 bits per heavy atom. The zero-order valence-corrected chi connectivity index (χ0v) is 20.9. The van der Waals surface area contributed by atoms with Crippen molar-refractivity contribution >= 4 is 34.4 Å². The molecule has 13 heteroatoms. The Labute approximate surface area is 221 Å². The Bertz CT molecular complexity index is 1340. The first-order chi connectivity index (χ1) is 18.5. The second-order valence-electron chi connectivity index (χ2n) is 9.40. The highest BCUT2D eigenvalue weighted by molar-refractivity contribution is 6.04. The second kappa shape index (κ2) is 11.8. The molecule has 0 spiro atoms. The lowest BCUT2D eigenvalue weighted by atomic mass is 10.0. The number of carboxylic acid groups (broad SMARTS) is 1. The number of anilines is 1. The molecule has 5 rings (SSSR count). The van der Waals surface area contributed by atoms with Gasteiger partial charge in [0.2, 0.25) is 5.91 Å². The van der Waals surface area contributed by atoms with Crippen molar-refractivity contribution in [2.75, 3.05) is 25.0 Å². The number of aliphatic carboxylic acids is 1. The van der Waals surface area contributed by atoms with E-state index < -0.39 is 18.1 Å². The van der Waals surface area contributed by atoms with Crippen LogP contribution in [0.3, 0.4) is 0 Å². The zero-order valence-electron chi connectivity index (χ0n) is 20.9. The van der Waals surface area contributed by atoms with Gasteiger partial charge in [-0.05, 0) is 75.6 Å². The zero-order chi connectivity index (χ0) is 28.2. The first-order valence-corrected chi connectivity index (χ1v) is 12.5. The summed E-state index contributed by atoms with van der Waals surface area (Å²) in [5.74, 6) is -3.18. The summed E-state index contributed by atoms with van der Waals surface area (Å²) in [5, 5.41) is 19.0. The largest absolute Gasteiger partial charge is 0.490 e. The summed E-state index contributed by atoms with van der Waals surface area (Å²) >= 11 is 0. The molecule has 208 valence electrons. The third kappa shape index (κ3) is 6.73. The summed E-state index contributed by atoms with van der Waals surface area (Å²) in [4.78, 5) is 36.0. The van der Waals surface area contributed by atoms with Gasteiger partial charge in [0, 0.05) is 23.3 Å². The van der Waals surface area contributed by atoms with Gasteiger partial charge in [-0.3, -0.25) is 14.5 Å². The molecule has 0 unspecified atom stereocenters. The van der Waals surface area contributed by atoms with Crippen molar-refractivity contribution in [3.63, 3.8) is 0 Å². The molecule has 39 heavy (non-hydrogen) atoms. The number of hydrogen-bond acceptors (Lipinski definition) is 6. The Hall–Kier alpha value is -3.97. The van der Waals surface area contributed by atoms with E-state index in [1.807, 2.05) is 36.5 Å². The highest BCUT2D eigenvalue weighted by Gasteiger charge is 2.38. The number of primary amides is 1. The average Bonchev–Trinajstić information content (AvgIpc) is 3.57. The van der Waals surface area contributed by atoms with Crippen LogP contribution in [0.4, 0.5) is 18.9 Å². The molecule has 0 radical (unpaired) electrons. The first-order valence-electron chi connectivity index (χ1n) is 12.5. The molecule has 0 bridgehead atoms. The van der Waals surface area contributed by atoms with E-state index in [0.29, 0.717) is 17.1 Å². The maximum Gasteiger partial charge on any atom is 0.490 e. The van der Waals surface area contributed by atoms with Crippen LogP contribution in [-0.4, -0.2) is 75.5 Å². The number of halogens is 3. The Kier molecular flexibility index (Phi) is 8.51. The molecule has 3 heterocycles. The number of fused-ring (bicyclic) bond motifs is 1. The van der Waals surface area contributed by atoms with E-state index in [1.165, 1.54) is 0 Å². The van der Waals surface area contributed by atoms with Gasteiger partial charge in [-0.15, -0.1) is 0 Å². The number of likely N-dealkylation sites (tertiary alicyclic amines) is 1. The minimum atomic E-state index is -5.08. The van der Waals surface area contributed by atoms with Crippen molar-refractivity contribution in [3.05, 3.63) is 54.2 Å². The van der Waals surface area contributed by atoms with Crippen molar-refractivity contribution in [1.29, 1.82) is 0 Å². The maximum atomic E-state index is 13.0. The Morgan fingerprint density at radius 1 is 1.05 bits per heavy atom. The first kappa shape index (κ1) is 28.0. The van der Waals surface area contributed by atoms with Gasteiger partial charge in [-0.1, -0.05) is 12.1 Å². The molecule has 2 aliphatic heterocycles. The number of nitrogens with one attached hydrogen (secondary N) is 2. The smallest absolute Gasteiger partial charge is 0.475 e. The number of carbonyl (C=O) groups excluding carboxylic acids is 2.